The second kappa shape index (κ2) is 5.15. The smallest absolute Gasteiger partial charge is 0.335 e. The topological polar surface area (TPSA) is 71.4 Å². The third kappa shape index (κ3) is 4.85. The Morgan fingerprint density at radius 2 is 1.84 bits per heavy atom. The molecule has 7 heteroatoms. The van der Waals surface area contributed by atoms with Crippen LogP contribution in [0.4, 0.5) is 3.89 Å². The first-order chi connectivity index (χ1) is 8.49. The van der Waals surface area contributed by atoms with Crippen LogP contribution in [0.25, 0.3) is 0 Å². The van der Waals surface area contributed by atoms with E-state index in [-0.39, 0.29) is 11.1 Å². The van der Waals surface area contributed by atoms with Gasteiger partial charge in [0.05, 0.1) is 5.56 Å². The fraction of sp³-hybridized carbons (Fsp3) is 0.250. The summed E-state index contributed by atoms with van der Waals surface area (Å²) in [6.07, 6.45) is 0. The van der Waals surface area contributed by atoms with Gasteiger partial charge in [0, 0.05) is 5.56 Å². The van der Waals surface area contributed by atoms with Crippen LogP contribution in [0.5, 0.6) is 0 Å². The van der Waals surface area contributed by atoms with Crippen LogP contribution in [0, 0.1) is 11.5 Å². The molecule has 0 aliphatic rings. The normalized spacial score (nSPS) is 11.6. The van der Waals surface area contributed by atoms with Crippen LogP contribution in [0.15, 0.2) is 23.1 Å². The van der Waals surface area contributed by atoms with Crippen molar-refractivity contribution >= 4 is 24.3 Å². The molecule has 1 aromatic rings. The SMILES string of the molecule is C[Si](C)(C)C#Cc1cc(C(=O)O)cc(S(=O)(=O)F)c1. The lowest BCUT2D eigenvalue weighted by Gasteiger charge is -2.04. The summed E-state index contributed by atoms with van der Waals surface area (Å²) in [5, 5.41) is 8.87. The van der Waals surface area contributed by atoms with Gasteiger partial charge in [-0.25, -0.2) is 4.79 Å². The predicted molar refractivity (Wildman–Crippen MR) is 71.9 cm³/mol. The van der Waals surface area contributed by atoms with Gasteiger partial charge in [0.1, 0.15) is 13.0 Å². The number of carbonyl (C=O) groups is 1. The molecule has 102 valence electrons. The van der Waals surface area contributed by atoms with Gasteiger partial charge in [-0.1, -0.05) is 25.6 Å². The highest BCUT2D eigenvalue weighted by Crippen LogP contribution is 2.17. The molecule has 0 aliphatic carbocycles. The maximum atomic E-state index is 13.0. The quantitative estimate of drug-likeness (QED) is 0.517. The van der Waals surface area contributed by atoms with Gasteiger partial charge >= 0.3 is 16.2 Å². The lowest BCUT2D eigenvalue weighted by atomic mass is 10.1. The Balaban J connectivity index is 3.45. The minimum absolute atomic E-state index is 0.179. The van der Waals surface area contributed by atoms with Crippen LogP contribution in [0.1, 0.15) is 15.9 Å². The van der Waals surface area contributed by atoms with Crippen molar-refractivity contribution in [3.63, 3.8) is 0 Å². The molecule has 0 saturated heterocycles. The summed E-state index contributed by atoms with van der Waals surface area (Å²) in [4.78, 5) is 10.2. The summed E-state index contributed by atoms with van der Waals surface area (Å²) in [6, 6.07) is 3.04. The van der Waals surface area contributed by atoms with E-state index in [9.17, 15) is 17.1 Å². The van der Waals surface area contributed by atoms with Crippen molar-refractivity contribution in [3.8, 4) is 11.5 Å². The Hall–Kier alpha value is -1.65. The number of hydrogen-bond acceptors (Lipinski definition) is 3. The number of carboxylic acid groups (broad SMARTS) is 1. The molecule has 0 amide bonds. The van der Waals surface area contributed by atoms with Crippen LogP contribution in [0.2, 0.25) is 19.6 Å². The molecular formula is C12H13FO4SSi. The molecule has 0 aromatic heterocycles. The van der Waals surface area contributed by atoms with Crippen LogP contribution < -0.4 is 0 Å². The lowest BCUT2D eigenvalue weighted by molar-refractivity contribution is 0.0696. The Labute approximate surface area is 112 Å². The van der Waals surface area contributed by atoms with Gasteiger partial charge in [-0.3, -0.25) is 0 Å². The first-order valence-corrected chi connectivity index (χ1v) is 10.2. The molecule has 0 spiro atoms. The average molecular weight is 300 g/mol. The van der Waals surface area contributed by atoms with E-state index in [2.05, 4.69) is 11.5 Å². The van der Waals surface area contributed by atoms with E-state index in [4.69, 9.17) is 5.11 Å². The van der Waals surface area contributed by atoms with Crippen molar-refractivity contribution in [1.29, 1.82) is 0 Å². The Kier molecular flexibility index (Phi) is 4.17. The molecule has 0 fully saturated rings. The summed E-state index contributed by atoms with van der Waals surface area (Å²) in [5.74, 6) is 1.38. The summed E-state index contributed by atoms with van der Waals surface area (Å²) in [5.41, 5.74) is 2.83. The number of halogens is 1. The van der Waals surface area contributed by atoms with Gasteiger partial charge < -0.3 is 5.11 Å². The largest absolute Gasteiger partial charge is 0.478 e. The highest BCUT2D eigenvalue weighted by atomic mass is 32.3. The van der Waals surface area contributed by atoms with Crippen molar-refractivity contribution in [2.24, 2.45) is 0 Å². The number of carboxylic acids is 1. The highest BCUT2D eigenvalue weighted by molar-refractivity contribution is 7.86. The Bertz CT molecular complexity index is 678. The molecule has 0 aliphatic heterocycles. The molecular weight excluding hydrogens is 287 g/mol. The Morgan fingerprint density at radius 3 is 2.26 bits per heavy atom. The predicted octanol–water partition coefficient (Wildman–Crippen LogP) is 2.27. The van der Waals surface area contributed by atoms with E-state index < -0.39 is 29.2 Å². The van der Waals surface area contributed by atoms with Gasteiger partial charge in [0.2, 0.25) is 0 Å². The van der Waals surface area contributed by atoms with Gasteiger partial charge in [-0.15, -0.1) is 9.43 Å². The van der Waals surface area contributed by atoms with Crippen LogP contribution in [0.3, 0.4) is 0 Å². The van der Waals surface area contributed by atoms with E-state index in [0.29, 0.717) is 0 Å². The zero-order chi connectivity index (χ0) is 14.8. The van der Waals surface area contributed by atoms with Crippen LogP contribution in [-0.2, 0) is 10.2 Å². The number of rotatable bonds is 2. The lowest BCUT2D eigenvalue weighted by Crippen LogP contribution is -2.16. The molecule has 0 bridgehead atoms. The molecule has 0 unspecified atom stereocenters. The molecule has 0 heterocycles. The van der Waals surface area contributed by atoms with E-state index in [1.54, 1.807) is 0 Å². The first-order valence-electron chi connectivity index (χ1n) is 5.35. The molecule has 4 nitrogen and oxygen atoms in total. The van der Waals surface area contributed by atoms with E-state index in [1.165, 1.54) is 6.07 Å². The molecule has 19 heavy (non-hydrogen) atoms. The summed E-state index contributed by atoms with van der Waals surface area (Å²) in [6.45, 7) is 5.94. The van der Waals surface area contributed by atoms with Crippen molar-refractivity contribution in [2.75, 3.05) is 0 Å². The first kappa shape index (κ1) is 15.4. The van der Waals surface area contributed by atoms with Crippen molar-refractivity contribution < 1.29 is 22.2 Å². The fourth-order valence-corrected chi connectivity index (χ4v) is 2.25. The third-order valence-electron chi connectivity index (χ3n) is 2.02. The zero-order valence-corrected chi connectivity index (χ0v) is 12.5. The molecule has 0 radical (unpaired) electrons. The van der Waals surface area contributed by atoms with Crippen molar-refractivity contribution in [3.05, 3.63) is 29.3 Å². The maximum Gasteiger partial charge on any atom is 0.335 e. The Morgan fingerprint density at radius 1 is 1.26 bits per heavy atom. The van der Waals surface area contributed by atoms with Crippen molar-refractivity contribution in [2.45, 2.75) is 24.5 Å². The number of hydrogen-bond donors (Lipinski definition) is 1. The zero-order valence-electron chi connectivity index (χ0n) is 10.7. The fourth-order valence-electron chi connectivity index (χ4n) is 1.20. The molecule has 1 N–H and O–H groups in total. The minimum Gasteiger partial charge on any atom is -0.478 e. The third-order valence-corrected chi connectivity index (χ3v) is 3.69. The van der Waals surface area contributed by atoms with E-state index >= 15 is 0 Å². The molecule has 0 atom stereocenters. The summed E-state index contributed by atoms with van der Waals surface area (Å²) >= 11 is 0. The van der Waals surface area contributed by atoms with E-state index in [0.717, 1.165) is 12.1 Å². The summed E-state index contributed by atoms with van der Waals surface area (Å²) in [7, 11) is -6.65. The second-order valence-corrected chi connectivity index (χ2v) is 11.1. The number of aromatic carboxylic acids is 1. The average Bonchev–Trinajstić information content (AvgIpc) is 2.23. The van der Waals surface area contributed by atoms with Crippen LogP contribution >= 0.6 is 0 Å². The van der Waals surface area contributed by atoms with Crippen molar-refractivity contribution in [1.82, 2.24) is 0 Å². The number of benzene rings is 1. The monoisotopic (exact) mass is 300 g/mol. The van der Waals surface area contributed by atoms with Gasteiger partial charge in [0.15, 0.2) is 0 Å². The minimum atomic E-state index is -4.95. The van der Waals surface area contributed by atoms with Gasteiger partial charge in [0.25, 0.3) is 0 Å². The standard InChI is InChI=1S/C12H13FO4SSi/c1-19(2,3)5-4-9-6-10(12(14)15)8-11(7-9)18(13,16)17/h6-8H,1-3H3,(H,14,15). The summed E-state index contributed by atoms with van der Waals surface area (Å²) < 4.78 is 34.7. The van der Waals surface area contributed by atoms with E-state index in [1.807, 2.05) is 19.6 Å². The maximum absolute atomic E-state index is 13.0. The van der Waals surface area contributed by atoms with Gasteiger partial charge in [-0.05, 0) is 18.2 Å². The second-order valence-electron chi connectivity index (χ2n) is 4.99. The molecule has 1 rings (SSSR count). The highest BCUT2D eigenvalue weighted by Gasteiger charge is 2.16. The van der Waals surface area contributed by atoms with Gasteiger partial charge in [-0.2, -0.15) is 8.42 Å². The molecule has 1 aromatic carbocycles. The van der Waals surface area contributed by atoms with Crippen LogP contribution in [-0.4, -0.2) is 27.6 Å². The molecule has 0 saturated carbocycles.